The second-order valence-electron chi connectivity index (χ2n) is 5.74. The van der Waals surface area contributed by atoms with Gasteiger partial charge in [-0.25, -0.2) is 4.79 Å². The first-order valence-electron chi connectivity index (χ1n) is 7.27. The van der Waals surface area contributed by atoms with Crippen LogP contribution in [0.5, 0.6) is 0 Å². The molecule has 0 radical (unpaired) electrons. The van der Waals surface area contributed by atoms with Gasteiger partial charge >= 0.3 is 5.97 Å². The third-order valence-corrected chi connectivity index (χ3v) is 3.91. The number of carbonyl (C=O) groups excluding carboxylic acids is 2. The zero-order chi connectivity index (χ0) is 15.0. The van der Waals surface area contributed by atoms with Crippen molar-refractivity contribution in [2.45, 2.75) is 38.6 Å². The number of carbonyl (C=O) groups is 2. The molecule has 0 bridgehead atoms. The van der Waals surface area contributed by atoms with Gasteiger partial charge < -0.3 is 14.4 Å². The van der Waals surface area contributed by atoms with E-state index in [4.69, 9.17) is 9.47 Å². The highest BCUT2D eigenvalue weighted by Crippen LogP contribution is 2.33. The van der Waals surface area contributed by atoms with E-state index in [0.717, 1.165) is 5.56 Å². The van der Waals surface area contributed by atoms with E-state index in [-0.39, 0.29) is 30.5 Å². The first-order chi connectivity index (χ1) is 10.0. The van der Waals surface area contributed by atoms with Crippen molar-refractivity contribution in [3.05, 3.63) is 35.4 Å². The fourth-order valence-corrected chi connectivity index (χ4v) is 3.04. The molecule has 0 spiro atoms. The number of rotatable bonds is 2. The number of cyclic esters (lactones) is 1. The van der Waals surface area contributed by atoms with Crippen LogP contribution in [0.25, 0.3) is 0 Å². The van der Waals surface area contributed by atoms with Gasteiger partial charge in [0.15, 0.2) is 0 Å². The van der Waals surface area contributed by atoms with Crippen molar-refractivity contribution in [3.8, 4) is 0 Å². The number of ether oxygens (including phenoxy) is 2. The summed E-state index contributed by atoms with van der Waals surface area (Å²) in [6.45, 7) is 5.10. The van der Waals surface area contributed by atoms with Crippen molar-refractivity contribution in [2.24, 2.45) is 0 Å². The Bertz CT molecular complexity index is 561. The second-order valence-corrected chi connectivity index (χ2v) is 5.74. The summed E-state index contributed by atoms with van der Waals surface area (Å²) in [4.78, 5) is 26.0. The normalized spacial score (nSPS) is 28.2. The first-order valence-corrected chi connectivity index (χ1v) is 7.27. The molecule has 0 aromatic heterocycles. The molecule has 3 rings (SSSR count). The van der Waals surface area contributed by atoms with Crippen molar-refractivity contribution >= 4 is 11.9 Å². The Hall–Kier alpha value is -1.88. The van der Waals surface area contributed by atoms with Gasteiger partial charge in [-0.1, -0.05) is 18.2 Å². The molecule has 2 aliphatic heterocycles. The number of hydrogen-bond donors (Lipinski definition) is 0. The van der Waals surface area contributed by atoms with Crippen molar-refractivity contribution in [1.29, 1.82) is 0 Å². The monoisotopic (exact) mass is 289 g/mol. The maximum atomic E-state index is 12.4. The number of benzene rings is 1. The summed E-state index contributed by atoms with van der Waals surface area (Å²) in [5, 5.41) is 0. The van der Waals surface area contributed by atoms with Crippen LogP contribution in [0.1, 0.15) is 42.3 Å². The Morgan fingerprint density at radius 2 is 1.90 bits per heavy atom. The van der Waals surface area contributed by atoms with Gasteiger partial charge in [0.05, 0.1) is 24.2 Å². The van der Waals surface area contributed by atoms with Crippen molar-refractivity contribution in [2.75, 3.05) is 13.1 Å². The highest BCUT2D eigenvalue weighted by Gasteiger charge is 2.34. The minimum Gasteiger partial charge on any atom is -0.453 e. The lowest BCUT2D eigenvalue weighted by Crippen LogP contribution is -2.48. The van der Waals surface area contributed by atoms with Crippen molar-refractivity contribution in [1.82, 2.24) is 4.90 Å². The van der Waals surface area contributed by atoms with Crippen molar-refractivity contribution < 1.29 is 19.1 Å². The smallest absolute Gasteiger partial charge is 0.339 e. The number of fused-ring (bicyclic) bond motifs is 1. The van der Waals surface area contributed by atoms with Crippen LogP contribution in [0.4, 0.5) is 0 Å². The van der Waals surface area contributed by atoms with Crippen LogP contribution < -0.4 is 0 Å². The minimum absolute atomic E-state index is 0.00602. The Kier molecular flexibility index (Phi) is 3.68. The van der Waals surface area contributed by atoms with E-state index in [1.807, 2.05) is 26.0 Å². The summed E-state index contributed by atoms with van der Waals surface area (Å²) in [6.07, 6.45) is -0.191. The summed E-state index contributed by atoms with van der Waals surface area (Å²) in [6, 6.07) is 7.25. The molecule has 1 aromatic carbocycles. The van der Waals surface area contributed by atoms with E-state index in [1.165, 1.54) is 0 Å². The Morgan fingerprint density at radius 3 is 2.62 bits per heavy atom. The van der Waals surface area contributed by atoms with Crippen LogP contribution in [0.2, 0.25) is 0 Å². The van der Waals surface area contributed by atoms with Crippen LogP contribution in [-0.2, 0) is 14.3 Å². The molecular weight excluding hydrogens is 270 g/mol. The predicted molar refractivity (Wildman–Crippen MR) is 75.8 cm³/mol. The van der Waals surface area contributed by atoms with Gasteiger partial charge in [-0.15, -0.1) is 0 Å². The zero-order valence-electron chi connectivity index (χ0n) is 12.2. The van der Waals surface area contributed by atoms with Crippen LogP contribution in [0.3, 0.4) is 0 Å². The molecule has 1 aromatic rings. The average Bonchev–Trinajstić information content (AvgIpc) is 2.75. The maximum absolute atomic E-state index is 12.4. The largest absolute Gasteiger partial charge is 0.453 e. The van der Waals surface area contributed by atoms with Crippen molar-refractivity contribution in [3.63, 3.8) is 0 Å². The molecule has 0 aliphatic carbocycles. The van der Waals surface area contributed by atoms with E-state index in [9.17, 15) is 9.59 Å². The average molecular weight is 289 g/mol. The molecule has 3 unspecified atom stereocenters. The van der Waals surface area contributed by atoms with Gasteiger partial charge in [-0.05, 0) is 19.9 Å². The van der Waals surface area contributed by atoms with E-state index in [1.54, 1.807) is 17.0 Å². The molecule has 3 atom stereocenters. The number of hydrogen-bond acceptors (Lipinski definition) is 4. The van der Waals surface area contributed by atoms with E-state index in [2.05, 4.69) is 0 Å². The molecule has 0 saturated carbocycles. The second kappa shape index (κ2) is 5.48. The Morgan fingerprint density at radius 1 is 1.24 bits per heavy atom. The van der Waals surface area contributed by atoms with E-state index >= 15 is 0 Å². The van der Waals surface area contributed by atoms with Crippen LogP contribution in [0, 0.1) is 0 Å². The number of amides is 1. The molecular formula is C16H19NO4. The molecule has 112 valence electrons. The van der Waals surface area contributed by atoms with Gasteiger partial charge in [0.2, 0.25) is 5.91 Å². The summed E-state index contributed by atoms with van der Waals surface area (Å²) in [5.74, 6) is -0.335. The Labute approximate surface area is 123 Å². The first kappa shape index (κ1) is 14.1. The summed E-state index contributed by atoms with van der Waals surface area (Å²) in [5.41, 5.74) is 1.38. The lowest BCUT2D eigenvalue weighted by Gasteiger charge is -2.35. The van der Waals surface area contributed by atoms with Gasteiger partial charge in [-0.2, -0.15) is 0 Å². The quantitative estimate of drug-likeness (QED) is 0.781. The predicted octanol–water partition coefficient (Wildman–Crippen LogP) is 1.92. The van der Waals surface area contributed by atoms with E-state index < -0.39 is 6.10 Å². The zero-order valence-corrected chi connectivity index (χ0v) is 12.2. The third-order valence-electron chi connectivity index (χ3n) is 3.91. The van der Waals surface area contributed by atoms with Crippen LogP contribution in [-0.4, -0.2) is 42.1 Å². The van der Waals surface area contributed by atoms with Crippen LogP contribution in [0.15, 0.2) is 24.3 Å². The fourth-order valence-electron chi connectivity index (χ4n) is 3.04. The van der Waals surface area contributed by atoms with Gasteiger partial charge in [0.1, 0.15) is 6.10 Å². The third kappa shape index (κ3) is 2.78. The molecule has 5 heteroatoms. The van der Waals surface area contributed by atoms with Gasteiger partial charge in [0.25, 0.3) is 0 Å². The van der Waals surface area contributed by atoms with Gasteiger partial charge in [0, 0.05) is 18.7 Å². The number of esters is 1. The topological polar surface area (TPSA) is 55.8 Å². The summed E-state index contributed by atoms with van der Waals surface area (Å²) in [7, 11) is 0. The highest BCUT2D eigenvalue weighted by molar-refractivity contribution is 5.94. The number of morpholine rings is 1. The molecule has 1 fully saturated rings. The molecule has 2 heterocycles. The van der Waals surface area contributed by atoms with Crippen LogP contribution >= 0.6 is 0 Å². The molecule has 1 saturated heterocycles. The minimum atomic E-state index is -0.463. The summed E-state index contributed by atoms with van der Waals surface area (Å²) >= 11 is 0. The lowest BCUT2D eigenvalue weighted by atomic mass is 10.0. The molecule has 1 amide bonds. The fraction of sp³-hybridized carbons (Fsp3) is 0.500. The van der Waals surface area contributed by atoms with Gasteiger partial charge in [-0.3, -0.25) is 4.79 Å². The highest BCUT2D eigenvalue weighted by atomic mass is 16.5. The van der Waals surface area contributed by atoms with E-state index in [0.29, 0.717) is 18.7 Å². The number of nitrogens with zero attached hydrogens (tertiary/aromatic N) is 1. The molecule has 2 aliphatic rings. The maximum Gasteiger partial charge on any atom is 0.339 e. The lowest BCUT2D eigenvalue weighted by molar-refractivity contribution is -0.145. The summed E-state index contributed by atoms with van der Waals surface area (Å²) < 4.78 is 11.0. The molecule has 5 nitrogen and oxygen atoms in total. The molecule has 0 N–H and O–H groups in total. The standard InChI is InChI=1S/C16H19NO4/c1-10-8-17(9-11(2)20-10)15(18)7-14-12-5-3-4-6-13(12)16(19)21-14/h3-6,10-11,14H,7-9H2,1-2H3. The Balaban J connectivity index is 1.70. The molecule has 21 heavy (non-hydrogen) atoms. The SMILES string of the molecule is CC1CN(C(=O)CC2OC(=O)c3ccccc32)CC(C)O1.